The highest BCUT2D eigenvalue weighted by atomic mass is 35.5. The van der Waals surface area contributed by atoms with Gasteiger partial charge in [-0.15, -0.1) is 0 Å². The smallest absolute Gasteiger partial charge is 0.312 e. The Balaban J connectivity index is 1.76. The molecule has 0 saturated carbocycles. The van der Waals surface area contributed by atoms with Crippen molar-refractivity contribution in [1.29, 1.82) is 0 Å². The van der Waals surface area contributed by atoms with Crippen LogP contribution in [0.4, 0.5) is 5.69 Å². The van der Waals surface area contributed by atoms with Crippen molar-refractivity contribution in [2.24, 2.45) is 17.8 Å². The summed E-state index contributed by atoms with van der Waals surface area (Å²) in [6.45, 7) is 5.36. The molecule has 0 aromatic heterocycles. The number of halogens is 1. The van der Waals surface area contributed by atoms with Crippen LogP contribution in [-0.4, -0.2) is 64.8 Å². The zero-order valence-electron chi connectivity index (χ0n) is 18.4. The number of likely N-dealkylation sites (tertiary alicyclic amines) is 1. The predicted molar refractivity (Wildman–Crippen MR) is 117 cm³/mol. The topological polar surface area (TPSA) is 105 Å². The number of nitrogens with zero attached hydrogens (tertiary/aromatic N) is 1. The second kappa shape index (κ2) is 8.65. The number of carbonyl (C=O) groups is 3. The molecule has 2 bridgehead atoms. The third-order valence-corrected chi connectivity index (χ3v) is 7.32. The van der Waals surface area contributed by atoms with Crippen molar-refractivity contribution in [2.75, 3.05) is 18.5 Å². The number of aliphatic hydroxyl groups is 1. The molecule has 0 aliphatic carbocycles. The average molecular weight is 465 g/mol. The molecule has 4 rings (SSSR count). The standard InChI is InChI=1S/C23H29ClN2O6/c1-4-31-22(30)17-16-9-10-23(32-16)18(17)21(29)26(15(11-27)12(2)3)19(23)20(28)25-14-8-6-5-7-13(14)24/h5-8,12,15-19,27H,4,9-11H2,1-3H3,(H,25,28)/t15-,16-,17+,18-,19?,23?/m0/s1. The molecule has 174 valence electrons. The Morgan fingerprint density at radius 3 is 2.72 bits per heavy atom. The van der Waals surface area contributed by atoms with Gasteiger partial charge in [-0.3, -0.25) is 14.4 Å². The van der Waals surface area contributed by atoms with Crippen molar-refractivity contribution in [2.45, 2.75) is 57.4 Å². The maximum absolute atomic E-state index is 13.8. The van der Waals surface area contributed by atoms with Gasteiger partial charge in [0.2, 0.25) is 11.8 Å². The maximum atomic E-state index is 13.8. The lowest BCUT2D eigenvalue weighted by Crippen LogP contribution is -2.57. The number of carbonyl (C=O) groups excluding carboxylic acids is 3. The van der Waals surface area contributed by atoms with Crippen LogP contribution in [0.15, 0.2) is 24.3 Å². The summed E-state index contributed by atoms with van der Waals surface area (Å²) in [5, 5.41) is 13.3. The van der Waals surface area contributed by atoms with Crippen LogP contribution >= 0.6 is 11.6 Å². The summed E-state index contributed by atoms with van der Waals surface area (Å²) in [6, 6.07) is 5.24. The van der Waals surface area contributed by atoms with Gasteiger partial charge in [-0.1, -0.05) is 37.6 Å². The molecule has 3 aliphatic rings. The number of aliphatic hydroxyl groups excluding tert-OH is 1. The lowest BCUT2D eigenvalue weighted by atomic mass is 9.70. The summed E-state index contributed by atoms with van der Waals surface area (Å²) < 4.78 is 11.6. The van der Waals surface area contributed by atoms with E-state index in [1.807, 2.05) is 13.8 Å². The first-order chi connectivity index (χ1) is 15.3. The largest absolute Gasteiger partial charge is 0.466 e. The molecule has 3 aliphatic heterocycles. The zero-order valence-corrected chi connectivity index (χ0v) is 19.2. The van der Waals surface area contributed by atoms with Crippen LogP contribution in [0.3, 0.4) is 0 Å². The molecule has 8 nitrogen and oxygen atoms in total. The fraction of sp³-hybridized carbons (Fsp3) is 0.609. The molecule has 32 heavy (non-hydrogen) atoms. The highest BCUT2D eigenvalue weighted by Gasteiger charge is 2.75. The number of fused-ring (bicyclic) bond motifs is 1. The lowest BCUT2D eigenvalue weighted by molar-refractivity contribution is -0.155. The number of amides is 2. The van der Waals surface area contributed by atoms with Gasteiger partial charge in [0.05, 0.1) is 47.9 Å². The van der Waals surface area contributed by atoms with E-state index in [0.717, 1.165) is 0 Å². The van der Waals surface area contributed by atoms with Crippen molar-refractivity contribution in [3.8, 4) is 0 Å². The van der Waals surface area contributed by atoms with E-state index in [9.17, 15) is 19.5 Å². The molecule has 9 heteroatoms. The fourth-order valence-corrected chi connectivity index (χ4v) is 5.82. The molecule has 3 saturated heterocycles. The lowest BCUT2D eigenvalue weighted by Gasteiger charge is -2.38. The molecule has 2 unspecified atom stereocenters. The van der Waals surface area contributed by atoms with Gasteiger partial charge >= 0.3 is 5.97 Å². The minimum Gasteiger partial charge on any atom is -0.466 e. The van der Waals surface area contributed by atoms with Gasteiger partial charge in [0.25, 0.3) is 0 Å². The third-order valence-electron chi connectivity index (χ3n) is 6.99. The first-order valence-corrected chi connectivity index (χ1v) is 11.5. The van der Waals surface area contributed by atoms with E-state index < -0.39 is 47.5 Å². The Bertz CT molecular complexity index is 924. The van der Waals surface area contributed by atoms with E-state index in [1.165, 1.54) is 4.90 Å². The number of esters is 1. The van der Waals surface area contributed by atoms with Crippen LogP contribution in [0.1, 0.15) is 33.6 Å². The Morgan fingerprint density at radius 1 is 1.38 bits per heavy atom. The Kier molecular flexibility index (Phi) is 6.22. The zero-order chi connectivity index (χ0) is 23.2. The third kappa shape index (κ3) is 3.40. The first kappa shape index (κ1) is 23.0. The number of anilines is 1. The number of rotatable bonds is 7. The molecule has 0 radical (unpaired) electrons. The second-order valence-electron chi connectivity index (χ2n) is 9.02. The summed E-state index contributed by atoms with van der Waals surface area (Å²) in [6.07, 6.45) is 0.562. The second-order valence-corrected chi connectivity index (χ2v) is 9.42. The van der Waals surface area contributed by atoms with E-state index in [4.69, 9.17) is 21.1 Å². The van der Waals surface area contributed by atoms with Gasteiger partial charge in [-0.25, -0.2) is 0 Å². The van der Waals surface area contributed by atoms with E-state index >= 15 is 0 Å². The first-order valence-electron chi connectivity index (χ1n) is 11.1. The van der Waals surface area contributed by atoms with E-state index in [-0.39, 0.29) is 25.0 Å². The van der Waals surface area contributed by atoms with E-state index in [0.29, 0.717) is 23.6 Å². The summed E-state index contributed by atoms with van der Waals surface area (Å²) in [4.78, 5) is 41.6. The average Bonchev–Trinajstić information content (AvgIpc) is 3.38. The molecule has 2 amide bonds. The summed E-state index contributed by atoms with van der Waals surface area (Å²) in [5.41, 5.74) is -0.724. The Morgan fingerprint density at radius 2 is 2.09 bits per heavy atom. The SMILES string of the molecule is CCOC(=O)[C@@H]1[C@@H]2CCC3(O2)C(C(=O)Nc2ccccc2Cl)N([C@@H](CO)C(C)C)C(=O)[C@H]13. The van der Waals surface area contributed by atoms with Crippen LogP contribution in [0.2, 0.25) is 5.02 Å². The van der Waals surface area contributed by atoms with Crippen molar-refractivity contribution >= 4 is 35.1 Å². The molecule has 1 aromatic carbocycles. The maximum Gasteiger partial charge on any atom is 0.312 e. The van der Waals surface area contributed by atoms with Crippen LogP contribution < -0.4 is 5.32 Å². The number of nitrogens with one attached hydrogen (secondary N) is 1. The van der Waals surface area contributed by atoms with Gasteiger partial charge in [0.1, 0.15) is 11.6 Å². The minimum absolute atomic E-state index is 0.118. The minimum atomic E-state index is -1.15. The van der Waals surface area contributed by atoms with Crippen molar-refractivity contribution < 1.29 is 29.0 Å². The van der Waals surface area contributed by atoms with Crippen molar-refractivity contribution in [1.82, 2.24) is 4.90 Å². The molecule has 1 aromatic rings. The van der Waals surface area contributed by atoms with E-state index in [2.05, 4.69) is 5.32 Å². The van der Waals surface area contributed by atoms with Gasteiger partial charge in [0, 0.05) is 0 Å². The van der Waals surface area contributed by atoms with Crippen LogP contribution in [0.5, 0.6) is 0 Å². The molecule has 3 fully saturated rings. The predicted octanol–water partition coefficient (Wildman–Crippen LogP) is 2.23. The number of benzene rings is 1. The van der Waals surface area contributed by atoms with Gasteiger partial charge < -0.3 is 24.8 Å². The molecular weight excluding hydrogens is 436 g/mol. The Hall–Kier alpha value is -2.16. The van der Waals surface area contributed by atoms with Crippen LogP contribution in [0, 0.1) is 17.8 Å². The van der Waals surface area contributed by atoms with Gasteiger partial charge in [0.15, 0.2) is 0 Å². The van der Waals surface area contributed by atoms with E-state index in [1.54, 1.807) is 31.2 Å². The normalized spacial score (nSPS) is 31.7. The van der Waals surface area contributed by atoms with Crippen molar-refractivity contribution in [3.05, 3.63) is 29.3 Å². The Labute approximate surface area is 192 Å². The molecular formula is C23H29ClN2O6. The summed E-state index contributed by atoms with van der Waals surface area (Å²) >= 11 is 6.24. The quantitative estimate of drug-likeness (QED) is 0.599. The number of hydrogen-bond acceptors (Lipinski definition) is 6. The molecule has 3 heterocycles. The summed E-state index contributed by atoms with van der Waals surface area (Å²) in [7, 11) is 0. The highest BCUT2D eigenvalue weighted by molar-refractivity contribution is 6.33. The summed E-state index contributed by atoms with van der Waals surface area (Å²) in [5.74, 6) is -2.98. The number of hydrogen-bond donors (Lipinski definition) is 2. The van der Waals surface area contributed by atoms with Gasteiger partial charge in [-0.2, -0.15) is 0 Å². The van der Waals surface area contributed by atoms with Crippen LogP contribution in [0.25, 0.3) is 0 Å². The highest BCUT2D eigenvalue weighted by Crippen LogP contribution is 2.59. The number of para-hydroxylation sites is 1. The van der Waals surface area contributed by atoms with Gasteiger partial charge in [-0.05, 0) is 37.8 Å². The molecule has 1 spiro atoms. The number of ether oxygens (including phenoxy) is 2. The molecule has 2 N–H and O–H groups in total. The van der Waals surface area contributed by atoms with Crippen LogP contribution in [-0.2, 0) is 23.9 Å². The molecule has 6 atom stereocenters. The van der Waals surface area contributed by atoms with Crippen molar-refractivity contribution in [3.63, 3.8) is 0 Å². The fourth-order valence-electron chi connectivity index (χ4n) is 5.64. The monoisotopic (exact) mass is 464 g/mol.